The van der Waals surface area contributed by atoms with Crippen molar-refractivity contribution in [1.82, 2.24) is 24.8 Å². The lowest BCUT2D eigenvalue weighted by molar-refractivity contribution is 0.473. The lowest BCUT2D eigenvalue weighted by Crippen LogP contribution is -2.30. The topological polar surface area (TPSA) is 73.7 Å². The summed E-state index contributed by atoms with van der Waals surface area (Å²) in [6.45, 7) is 0. The molecule has 2 aromatic heterocycles. The van der Waals surface area contributed by atoms with Gasteiger partial charge in [0.1, 0.15) is 5.82 Å². The first kappa shape index (κ1) is 11.8. The average molecular weight is 234 g/mol. The van der Waals surface area contributed by atoms with Crippen molar-refractivity contribution in [1.29, 1.82) is 0 Å². The van der Waals surface area contributed by atoms with Gasteiger partial charge in [-0.2, -0.15) is 5.10 Å². The molecule has 2 heterocycles. The van der Waals surface area contributed by atoms with Crippen LogP contribution >= 0.6 is 0 Å². The van der Waals surface area contributed by atoms with E-state index in [1.165, 1.54) is 0 Å². The molecule has 0 saturated carbocycles. The van der Waals surface area contributed by atoms with Gasteiger partial charge in [0, 0.05) is 39.1 Å². The van der Waals surface area contributed by atoms with Crippen molar-refractivity contribution in [2.75, 3.05) is 0 Å². The molecule has 2 aromatic rings. The first-order chi connectivity index (χ1) is 8.22. The molecule has 0 aromatic carbocycles. The number of nitrogens with two attached hydrogens (primary N) is 1. The Bertz CT molecular complexity index is 472. The lowest BCUT2D eigenvalue weighted by Gasteiger charge is -2.15. The summed E-state index contributed by atoms with van der Waals surface area (Å²) in [6.07, 6.45) is 7.31. The molecule has 0 aliphatic carbocycles. The molecule has 1 atom stereocenters. The highest BCUT2D eigenvalue weighted by Gasteiger charge is 2.14. The second-order valence-corrected chi connectivity index (χ2v) is 4.09. The molecule has 0 fully saturated rings. The van der Waals surface area contributed by atoms with Crippen molar-refractivity contribution >= 4 is 0 Å². The van der Waals surface area contributed by atoms with Crippen molar-refractivity contribution < 1.29 is 0 Å². The van der Waals surface area contributed by atoms with Crippen molar-refractivity contribution in [3.8, 4) is 0 Å². The van der Waals surface area contributed by atoms with Crippen LogP contribution in [-0.4, -0.2) is 19.3 Å². The SMILES string of the molecule is Cn1ccnc1CCC(NN)c1ccnn1C. The first-order valence-electron chi connectivity index (χ1n) is 5.62. The zero-order valence-electron chi connectivity index (χ0n) is 10.2. The molecule has 17 heavy (non-hydrogen) atoms. The van der Waals surface area contributed by atoms with Crippen molar-refractivity contribution in [3.05, 3.63) is 36.2 Å². The Morgan fingerprint density at radius 3 is 2.76 bits per heavy atom. The fraction of sp³-hybridized carbons (Fsp3) is 0.455. The van der Waals surface area contributed by atoms with E-state index in [-0.39, 0.29) is 6.04 Å². The molecule has 2 rings (SSSR count). The van der Waals surface area contributed by atoms with Crippen molar-refractivity contribution in [2.24, 2.45) is 19.9 Å². The van der Waals surface area contributed by atoms with E-state index >= 15 is 0 Å². The van der Waals surface area contributed by atoms with Gasteiger partial charge in [0.25, 0.3) is 0 Å². The normalized spacial score (nSPS) is 12.9. The number of hydrogen-bond acceptors (Lipinski definition) is 4. The minimum Gasteiger partial charge on any atom is -0.338 e. The van der Waals surface area contributed by atoms with Gasteiger partial charge in [-0.25, -0.2) is 4.98 Å². The smallest absolute Gasteiger partial charge is 0.108 e. The third-order valence-electron chi connectivity index (χ3n) is 2.99. The van der Waals surface area contributed by atoms with Crippen LogP contribution in [0.3, 0.4) is 0 Å². The van der Waals surface area contributed by atoms with Gasteiger partial charge in [-0.1, -0.05) is 0 Å². The van der Waals surface area contributed by atoms with Crippen LogP contribution in [0, 0.1) is 0 Å². The van der Waals surface area contributed by atoms with E-state index in [1.807, 2.05) is 41.8 Å². The fourth-order valence-corrected chi connectivity index (χ4v) is 1.95. The molecule has 6 nitrogen and oxygen atoms in total. The molecule has 92 valence electrons. The maximum atomic E-state index is 5.59. The number of nitrogens with one attached hydrogen (secondary N) is 1. The third-order valence-corrected chi connectivity index (χ3v) is 2.99. The van der Waals surface area contributed by atoms with E-state index < -0.39 is 0 Å². The highest BCUT2D eigenvalue weighted by Crippen LogP contribution is 2.16. The van der Waals surface area contributed by atoms with Crippen LogP contribution in [0.1, 0.15) is 24.0 Å². The Morgan fingerprint density at radius 2 is 2.24 bits per heavy atom. The average Bonchev–Trinajstić information content (AvgIpc) is 2.90. The summed E-state index contributed by atoms with van der Waals surface area (Å²) in [7, 11) is 3.91. The van der Waals surface area contributed by atoms with Gasteiger partial charge >= 0.3 is 0 Å². The Kier molecular flexibility index (Phi) is 3.55. The van der Waals surface area contributed by atoms with Gasteiger partial charge in [-0.15, -0.1) is 0 Å². The van der Waals surface area contributed by atoms with Gasteiger partial charge < -0.3 is 4.57 Å². The lowest BCUT2D eigenvalue weighted by atomic mass is 10.1. The van der Waals surface area contributed by atoms with E-state index in [9.17, 15) is 0 Å². The van der Waals surface area contributed by atoms with E-state index in [4.69, 9.17) is 5.84 Å². The zero-order valence-corrected chi connectivity index (χ0v) is 10.2. The fourth-order valence-electron chi connectivity index (χ4n) is 1.95. The Morgan fingerprint density at radius 1 is 1.41 bits per heavy atom. The number of imidazole rings is 1. The first-order valence-corrected chi connectivity index (χ1v) is 5.62. The molecule has 0 spiro atoms. The molecule has 0 saturated heterocycles. The molecule has 0 aliphatic rings. The molecule has 0 bridgehead atoms. The molecule has 0 radical (unpaired) electrons. The van der Waals surface area contributed by atoms with Crippen molar-refractivity contribution in [2.45, 2.75) is 18.9 Å². The summed E-state index contributed by atoms with van der Waals surface area (Å²) in [6, 6.07) is 2.07. The highest BCUT2D eigenvalue weighted by molar-refractivity contribution is 5.07. The summed E-state index contributed by atoms with van der Waals surface area (Å²) in [5, 5.41) is 4.15. The Labute approximate surface area is 100 Å². The molecule has 1 unspecified atom stereocenters. The van der Waals surface area contributed by atoms with E-state index in [0.29, 0.717) is 0 Å². The molecule has 6 heteroatoms. The van der Waals surface area contributed by atoms with Gasteiger partial charge in [0.15, 0.2) is 0 Å². The quantitative estimate of drug-likeness (QED) is 0.576. The van der Waals surface area contributed by atoms with Crippen molar-refractivity contribution in [3.63, 3.8) is 0 Å². The predicted octanol–water partition coefficient (Wildman–Crippen LogP) is 0.291. The van der Waals surface area contributed by atoms with Gasteiger partial charge in [-0.05, 0) is 12.5 Å². The number of hydrazine groups is 1. The number of hydrogen-bond donors (Lipinski definition) is 2. The summed E-state index contributed by atoms with van der Waals surface area (Å²) in [4.78, 5) is 4.30. The molecular weight excluding hydrogens is 216 g/mol. The van der Waals surface area contributed by atoms with Gasteiger partial charge in [0.2, 0.25) is 0 Å². The second kappa shape index (κ2) is 5.11. The van der Waals surface area contributed by atoms with Crippen LogP contribution < -0.4 is 11.3 Å². The number of aromatic nitrogens is 4. The molecular formula is C11H18N6. The third kappa shape index (κ3) is 2.54. The second-order valence-electron chi connectivity index (χ2n) is 4.09. The maximum absolute atomic E-state index is 5.59. The molecule has 3 N–H and O–H groups in total. The Balaban J connectivity index is 2.02. The minimum atomic E-state index is 0.0965. The highest BCUT2D eigenvalue weighted by atomic mass is 15.3. The van der Waals surface area contributed by atoms with E-state index in [1.54, 1.807) is 6.20 Å². The van der Waals surface area contributed by atoms with Crippen LogP contribution in [0.5, 0.6) is 0 Å². The predicted molar refractivity (Wildman–Crippen MR) is 64.8 cm³/mol. The van der Waals surface area contributed by atoms with Crippen LogP contribution in [0.15, 0.2) is 24.7 Å². The van der Waals surface area contributed by atoms with E-state index in [2.05, 4.69) is 15.5 Å². The Hall–Kier alpha value is -1.66. The van der Waals surface area contributed by atoms with Crippen LogP contribution in [-0.2, 0) is 20.5 Å². The van der Waals surface area contributed by atoms with Gasteiger partial charge in [-0.3, -0.25) is 16.0 Å². The zero-order chi connectivity index (χ0) is 12.3. The molecule has 0 amide bonds. The van der Waals surface area contributed by atoms with Crippen LogP contribution in [0.25, 0.3) is 0 Å². The monoisotopic (exact) mass is 234 g/mol. The summed E-state index contributed by atoms with van der Waals surface area (Å²) < 4.78 is 3.86. The van der Waals surface area contributed by atoms with Crippen LogP contribution in [0.4, 0.5) is 0 Å². The largest absolute Gasteiger partial charge is 0.338 e. The summed E-state index contributed by atoms with van der Waals surface area (Å²) in [5.74, 6) is 6.65. The number of aryl methyl sites for hydroxylation is 3. The van der Waals surface area contributed by atoms with Gasteiger partial charge in [0.05, 0.1) is 11.7 Å². The maximum Gasteiger partial charge on any atom is 0.108 e. The minimum absolute atomic E-state index is 0.0965. The number of rotatable bonds is 5. The van der Waals surface area contributed by atoms with E-state index in [0.717, 1.165) is 24.4 Å². The summed E-state index contributed by atoms with van der Waals surface area (Å²) in [5.41, 5.74) is 3.91. The van der Waals surface area contributed by atoms with Crippen LogP contribution in [0.2, 0.25) is 0 Å². The number of nitrogens with zero attached hydrogens (tertiary/aromatic N) is 4. The summed E-state index contributed by atoms with van der Waals surface area (Å²) >= 11 is 0. The standard InChI is InChI=1S/C11H18N6/c1-16-8-7-13-11(16)4-3-9(15-12)10-5-6-14-17(10)2/h5-9,15H,3-4,12H2,1-2H3. The molecule has 0 aliphatic heterocycles.